The van der Waals surface area contributed by atoms with Crippen LogP contribution in [0.5, 0.6) is 0 Å². The van der Waals surface area contributed by atoms with E-state index in [9.17, 15) is 13.2 Å². The number of rotatable bonds is 8. The Morgan fingerprint density at radius 2 is 2.00 bits per heavy atom. The van der Waals surface area contributed by atoms with E-state index in [0.29, 0.717) is 12.0 Å². The van der Waals surface area contributed by atoms with Gasteiger partial charge in [-0.3, -0.25) is 4.79 Å². The second-order valence-electron chi connectivity index (χ2n) is 5.77. The van der Waals surface area contributed by atoms with Crippen LogP contribution >= 0.6 is 11.6 Å². The average molecular weight is 397 g/mol. The third-order valence-corrected chi connectivity index (χ3v) is 5.55. The number of hydrogen-bond acceptors (Lipinski definition) is 5. The number of pyridine rings is 1. The van der Waals surface area contributed by atoms with E-state index in [1.807, 2.05) is 30.3 Å². The lowest BCUT2D eigenvalue weighted by Gasteiger charge is -2.16. The van der Waals surface area contributed by atoms with Crippen molar-refractivity contribution in [2.75, 3.05) is 13.2 Å². The molecule has 1 N–H and O–H groups in total. The molecule has 140 valence electrons. The lowest BCUT2D eigenvalue weighted by molar-refractivity contribution is -0.147. The van der Waals surface area contributed by atoms with Gasteiger partial charge in [-0.2, -0.15) is 0 Å². The van der Waals surface area contributed by atoms with E-state index in [1.54, 1.807) is 13.8 Å². The highest BCUT2D eigenvalue weighted by molar-refractivity contribution is 7.89. The number of carbonyl (C=O) groups is 1. The van der Waals surface area contributed by atoms with Gasteiger partial charge in [-0.05, 0) is 37.5 Å². The number of nitrogens with one attached hydrogen (secondary N) is 1. The van der Waals surface area contributed by atoms with Gasteiger partial charge in [0, 0.05) is 12.7 Å². The molecule has 0 saturated heterocycles. The fourth-order valence-corrected chi connectivity index (χ4v) is 3.58. The Morgan fingerprint density at radius 1 is 1.31 bits per heavy atom. The Balaban J connectivity index is 2.14. The average Bonchev–Trinajstić information content (AvgIpc) is 2.62. The maximum atomic E-state index is 12.5. The maximum Gasteiger partial charge on any atom is 0.310 e. The second-order valence-corrected chi connectivity index (χ2v) is 7.89. The number of ether oxygens (including phenoxy) is 1. The molecule has 0 aliphatic carbocycles. The molecule has 0 spiro atoms. The summed E-state index contributed by atoms with van der Waals surface area (Å²) < 4.78 is 32.5. The highest BCUT2D eigenvalue weighted by Crippen LogP contribution is 2.17. The first kappa shape index (κ1) is 20.4. The van der Waals surface area contributed by atoms with Crippen molar-refractivity contribution >= 4 is 27.6 Å². The van der Waals surface area contributed by atoms with Gasteiger partial charge in [0.25, 0.3) is 0 Å². The van der Waals surface area contributed by atoms with Crippen LogP contribution in [0, 0.1) is 12.8 Å². The molecule has 0 aliphatic rings. The van der Waals surface area contributed by atoms with Crippen LogP contribution in [0.15, 0.2) is 47.5 Å². The van der Waals surface area contributed by atoms with Crippen LogP contribution in [0.1, 0.15) is 18.1 Å². The van der Waals surface area contributed by atoms with Gasteiger partial charge in [0.05, 0.1) is 12.5 Å². The third-order valence-electron chi connectivity index (χ3n) is 3.76. The standard InChI is InChI=1S/C18H21ClN2O4S/c1-3-25-18(22)15(10-14-7-5-4-6-8-14)11-21-26(23,24)16-9-13(2)17(19)20-12-16/h4-9,12,15,21H,3,10-11H2,1-2H3. The van der Waals surface area contributed by atoms with Gasteiger partial charge in [0.15, 0.2) is 0 Å². The molecule has 0 bridgehead atoms. The van der Waals surface area contributed by atoms with Crippen LogP contribution in [0.2, 0.25) is 5.15 Å². The number of benzene rings is 1. The molecule has 1 aromatic heterocycles. The number of hydrogen-bond donors (Lipinski definition) is 1. The quantitative estimate of drug-likeness (QED) is 0.547. The molecule has 2 aromatic rings. The lowest BCUT2D eigenvalue weighted by atomic mass is 10.00. The fraction of sp³-hybridized carbons (Fsp3) is 0.333. The summed E-state index contributed by atoms with van der Waals surface area (Å²) >= 11 is 5.84. The van der Waals surface area contributed by atoms with Crippen molar-refractivity contribution in [1.82, 2.24) is 9.71 Å². The maximum absolute atomic E-state index is 12.5. The number of nitrogens with zero attached hydrogens (tertiary/aromatic N) is 1. The Hall–Kier alpha value is -1.96. The van der Waals surface area contributed by atoms with Crippen molar-refractivity contribution in [3.05, 3.63) is 58.9 Å². The van der Waals surface area contributed by atoms with Crippen LogP contribution in [-0.2, 0) is 26.0 Å². The first-order valence-corrected chi connectivity index (χ1v) is 10.0. The van der Waals surface area contributed by atoms with Crippen LogP contribution in [0.3, 0.4) is 0 Å². The Labute approximate surface area is 158 Å². The molecule has 0 radical (unpaired) electrons. The fourth-order valence-electron chi connectivity index (χ4n) is 2.37. The van der Waals surface area contributed by atoms with E-state index in [2.05, 4.69) is 9.71 Å². The van der Waals surface area contributed by atoms with Gasteiger partial charge >= 0.3 is 5.97 Å². The third kappa shape index (κ3) is 5.52. The van der Waals surface area contributed by atoms with E-state index >= 15 is 0 Å². The summed E-state index contributed by atoms with van der Waals surface area (Å²) in [6.07, 6.45) is 1.56. The smallest absolute Gasteiger partial charge is 0.310 e. The molecule has 0 saturated carbocycles. The monoisotopic (exact) mass is 396 g/mol. The number of carbonyl (C=O) groups excluding carboxylic acids is 1. The summed E-state index contributed by atoms with van der Waals surface area (Å²) in [6, 6.07) is 10.8. The van der Waals surface area contributed by atoms with Crippen LogP contribution < -0.4 is 4.72 Å². The van der Waals surface area contributed by atoms with Crippen molar-refractivity contribution in [3.8, 4) is 0 Å². The van der Waals surface area contributed by atoms with Gasteiger partial charge in [0.1, 0.15) is 10.0 Å². The molecule has 1 unspecified atom stereocenters. The summed E-state index contributed by atoms with van der Waals surface area (Å²) in [6.45, 7) is 3.55. The summed E-state index contributed by atoms with van der Waals surface area (Å²) in [5.41, 5.74) is 1.48. The van der Waals surface area contributed by atoms with Crippen molar-refractivity contribution in [2.45, 2.75) is 25.2 Å². The lowest BCUT2D eigenvalue weighted by Crippen LogP contribution is -2.35. The minimum atomic E-state index is -3.81. The summed E-state index contributed by atoms with van der Waals surface area (Å²) in [5, 5.41) is 0.248. The molecular formula is C18H21ClN2O4S. The first-order chi connectivity index (χ1) is 12.3. The topological polar surface area (TPSA) is 85.4 Å². The molecule has 1 heterocycles. The predicted octanol–water partition coefficient (Wildman–Crippen LogP) is 2.74. The van der Waals surface area contributed by atoms with E-state index in [-0.39, 0.29) is 23.2 Å². The summed E-state index contributed by atoms with van der Waals surface area (Å²) in [7, 11) is -3.81. The van der Waals surface area contributed by atoms with E-state index in [0.717, 1.165) is 5.56 Å². The Morgan fingerprint density at radius 3 is 2.62 bits per heavy atom. The van der Waals surface area contributed by atoms with Crippen molar-refractivity contribution in [3.63, 3.8) is 0 Å². The zero-order chi connectivity index (χ0) is 19.2. The molecule has 1 aromatic carbocycles. The number of esters is 1. The van der Waals surface area contributed by atoms with Gasteiger partial charge in [-0.25, -0.2) is 18.1 Å². The summed E-state index contributed by atoms with van der Waals surface area (Å²) in [5.74, 6) is -1.07. The first-order valence-electron chi connectivity index (χ1n) is 8.16. The number of halogens is 1. The Bertz CT molecular complexity index is 857. The largest absolute Gasteiger partial charge is 0.466 e. The van der Waals surface area contributed by atoms with Gasteiger partial charge in [-0.15, -0.1) is 0 Å². The van der Waals surface area contributed by atoms with Gasteiger partial charge < -0.3 is 4.74 Å². The van der Waals surface area contributed by atoms with Crippen LogP contribution in [0.4, 0.5) is 0 Å². The number of aryl methyl sites for hydroxylation is 1. The van der Waals surface area contributed by atoms with E-state index in [1.165, 1.54) is 12.3 Å². The van der Waals surface area contributed by atoms with Crippen molar-refractivity contribution in [1.29, 1.82) is 0 Å². The van der Waals surface area contributed by atoms with Gasteiger partial charge in [-0.1, -0.05) is 41.9 Å². The molecule has 0 aliphatic heterocycles. The van der Waals surface area contributed by atoms with Crippen LogP contribution in [-0.4, -0.2) is 32.5 Å². The van der Waals surface area contributed by atoms with Crippen molar-refractivity contribution in [2.24, 2.45) is 5.92 Å². The molecule has 0 fully saturated rings. The normalized spacial score (nSPS) is 12.6. The molecule has 8 heteroatoms. The molecular weight excluding hydrogens is 376 g/mol. The summed E-state index contributed by atoms with van der Waals surface area (Å²) in [4.78, 5) is 16.1. The van der Waals surface area contributed by atoms with Gasteiger partial charge in [0.2, 0.25) is 10.0 Å². The molecule has 1 atom stereocenters. The second kappa shape index (κ2) is 9.12. The molecule has 26 heavy (non-hydrogen) atoms. The van der Waals surface area contributed by atoms with E-state index < -0.39 is 21.9 Å². The molecule has 6 nitrogen and oxygen atoms in total. The zero-order valence-electron chi connectivity index (χ0n) is 14.6. The Kier molecular flexibility index (Phi) is 7.14. The number of sulfonamides is 1. The highest BCUT2D eigenvalue weighted by Gasteiger charge is 2.24. The molecule has 2 rings (SSSR count). The highest BCUT2D eigenvalue weighted by atomic mass is 35.5. The minimum absolute atomic E-state index is 0.00159. The van der Waals surface area contributed by atoms with E-state index in [4.69, 9.17) is 16.3 Å². The zero-order valence-corrected chi connectivity index (χ0v) is 16.2. The predicted molar refractivity (Wildman–Crippen MR) is 99.4 cm³/mol. The number of aromatic nitrogens is 1. The minimum Gasteiger partial charge on any atom is -0.466 e. The van der Waals surface area contributed by atoms with Crippen LogP contribution in [0.25, 0.3) is 0 Å². The molecule has 0 amide bonds. The SMILES string of the molecule is CCOC(=O)C(CNS(=O)(=O)c1cnc(Cl)c(C)c1)Cc1ccccc1. The van der Waals surface area contributed by atoms with Crippen molar-refractivity contribution < 1.29 is 17.9 Å².